The Hall–Kier alpha value is -2.55. The van der Waals surface area contributed by atoms with Crippen molar-refractivity contribution in [3.8, 4) is 0 Å². The van der Waals surface area contributed by atoms with E-state index < -0.39 is 28.0 Å². The van der Waals surface area contributed by atoms with E-state index in [4.69, 9.17) is 5.73 Å². The number of anilines is 2. The molecule has 1 heterocycles. The van der Waals surface area contributed by atoms with Gasteiger partial charge in [-0.2, -0.15) is 0 Å². The molecule has 7 nitrogen and oxygen atoms in total. The number of aromatic nitrogens is 1. The quantitative estimate of drug-likeness (QED) is 0.660. The molecule has 0 unspecified atom stereocenters. The minimum absolute atomic E-state index is 0.0277. The van der Waals surface area contributed by atoms with Gasteiger partial charge in [-0.05, 0) is 6.07 Å². The highest BCUT2D eigenvalue weighted by Gasteiger charge is 2.21. The summed E-state index contributed by atoms with van der Waals surface area (Å²) in [6.45, 7) is 0. The Balaban J connectivity index is 2.33. The van der Waals surface area contributed by atoms with Gasteiger partial charge < -0.3 is 11.1 Å². The molecule has 0 saturated heterocycles. The lowest BCUT2D eigenvalue weighted by molar-refractivity contribution is -0.384. The van der Waals surface area contributed by atoms with Crippen molar-refractivity contribution in [3.05, 3.63) is 45.2 Å². The second kappa shape index (κ2) is 4.98. The van der Waals surface area contributed by atoms with E-state index in [0.717, 1.165) is 23.5 Å². The summed E-state index contributed by atoms with van der Waals surface area (Å²) >= 11 is 1.04. The van der Waals surface area contributed by atoms with Crippen LogP contribution in [0.25, 0.3) is 0 Å². The first-order valence-electron chi connectivity index (χ1n) is 4.94. The molecule has 3 N–H and O–H groups in total. The summed E-state index contributed by atoms with van der Waals surface area (Å²) < 4.78 is 13.5. The van der Waals surface area contributed by atoms with Crippen molar-refractivity contribution >= 4 is 33.8 Å². The molecule has 0 fully saturated rings. The predicted octanol–water partition coefficient (Wildman–Crippen LogP) is 2.02. The molecule has 0 aliphatic heterocycles. The Morgan fingerprint density at radius 1 is 1.53 bits per heavy atom. The summed E-state index contributed by atoms with van der Waals surface area (Å²) in [5, 5.41) is 14.4. The van der Waals surface area contributed by atoms with Crippen LogP contribution >= 0.6 is 11.3 Å². The van der Waals surface area contributed by atoms with Crippen molar-refractivity contribution in [2.24, 2.45) is 0 Å². The number of amides is 1. The number of benzene rings is 1. The molecule has 0 bridgehead atoms. The molecule has 19 heavy (non-hydrogen) atoms. The average Bonchev–Trinajstić information content (AvgIpc) is 2.78. The van der Waals surface area contributed by atoms with Crippen LogP contribution in [0, 0.1) is 15.9 Å². The van der Waals surface area contributed by atoms with E-state index in [1.165, 1.54) is 11.4 Å². The minimum Gasteiger partial charge on any atom is -0.375 e. The normalized spacial score (nSPS) is 10.2. The van der Waals surface area contributed by atoms with Crippen LogP contribution in [0.3, 0.4) is 0 Å². The maximum Gasteiger partial charge on any atom is 0.295 e. The molecular weight excluding hydrogens is 275 g/mol. The number of carbonyl (C=O) groups excluding carboxylic acids is 1. The molecule has 0 spiro atoms. The maximum atomic E-state index is 13.5. The zero-order valence-electron chi connectivity index (χ0n) is 9.29. The average molecular weight is 282 g/mol. The molecular formula is C10H7FN4O3S. The summed E-state index contributed by atoms with van der Waals surface area (Å²) in [6.07, 6.45) is 0. The summed E-state index contributed by atoms with van der Waals surface area (Å²) in [6, 6.07) is 3.29. The number of para-hydroxylation sites is 1. The number of nitrogens with two attached hydrogens (primary N) is 1. The van der Waals surface area contributed by atoms with Crippen molar-refractivity contribution in [2.75, 3.05) is 11.1 Å². The van der Waals surface area contributed by atoms with Gasteiger partial charge in [0.15, 0.2) is 16.6 Å². The van der Waals surface area contributed by atoms with Crippen LogP contribution in [0.4, 0.5) is 20.9 Å². The van der Waals surface area contributed by atoms with Crippen molar-refractivity contribution in [2.45, 2.75) is 0 Å². The first kappa shape index (κ1) is 12.9. The van der Waals surface area contributed by atoms with Crippen LogP contribution in [-0.4, -0.2) is 15.8 Å². The van der Waals surface area contributed by atoms with Crippen molar-refractivity contribution < 1.29 is 14.1 Å². The first-order chi connectivity index (χ1) is 8.99. The molecule has 9 heteroatoms. The van der Waals surface area contributed by atoms with Crippen molar-refractivity contribution in [1.82, 2.24) is 4.98 Å². The fraction of sp³-hybridized carbons (Fsp3) is 0. The number of rotatable bonds is 3. The predicted molar refractivity (Wildman–Crippen MR) is 67.5 cm³/mol. The first-order valence-corrected chi connectivity index (χ1v) is 5.82. The molecule has 0 aliphatic rings. The van der Waals surface area contributed by atoms with Gasteiger partial charge in [-0.25, -0.2) is 9.37 Å². The number of nitrogens with zero attached hydrogens (tertiary/aromatic N) is 2. The van der Waals surface area contributed by atoms with Crippen LogP contribution < -0.4 is 11.1 Å². The van der Waals surface area contributed by atoms with Gasteiger partial charge >= 0.3 is 0 Å². The largest absolute Gasteiger partial charge is 0.375 e. The fourth-order valence-corrected chi connectivity index (χ4v) is 1.90. The van der Waals surface area contributed by atoms with E-state index in [-0.39, 0.29) is 10.8 Å². The summed E-state index contributed by atoms with van der Waals surface area (Å²) in [5.74, 6) is -1.66. The number of carbonyl (C=O) groups is 1. The molecule has 1 aromatic carbocycles. The summed E-state index contributed by atoms with van der Waals surface area (Å²) in [4.78, 5) is 25.4. The van der Waals surface area contributed by atoms with E-state index in [9.17, 15) is 19.3 Å². The third kappa shape index (κ3) is 2.65. The molecule has 0 saturated carbocycles. The van der Waals surface area contributed by atoms with E-state index in [1.54, 1.807) is 0 Å². The highest BCUT2D eigenvalue weighted by atomic mass is 32.1. The zero-order valence-corrected chi connectivity index (χ0v) is 10.1. The van der Waals surface area contributed by atoms with Gasteiger partial charge in [-0.3, -0.25) is 14.9 Å². The van der Waals surface area contributed by atoms with E-state index in [2.05, 4.69) is 10.3 Å². The highest BCUT2D eigenvalue weighted by molar-refractivity contribution is 7.13. The topological polar surface area (TPSA) is 111 Å². The van der Waals surface area contributed by atoms with E-state index in [0.29, 0.717) is 0 Å². The van der Waals surface area contributed by atoms with Gasteiger partial charge in [0.05, 0.1) is 4.92 Å². The third-order valence-corrected chi connectivity index (χ3v) is 2.86. The minimum atomic E-state index is -0.897. The molecule has 2 rings (SSSR count). The van der Waals surface area contributed by atoms with Gasteiger partial charge in [0.25, 0.3) is 11.6 Å². The monoisotopic (exact) mass is 282 g/mol. The fourth-order valence-electron chi connectivity index (χ4n) is 1.36. The second-order valence-corrected chi connectivity index (χ2v) is 4.31. The van der Waals surface area contributed by atoms with Gasteiger partial charge in [-0.15, -0.1) is 11.3 Å². The van der Waals surface area contributed by atoms with Gasteiger partial charge in [0.1, 0.15) is 5.69 Å². The molecule has 0 atom stereocenters. The standard InChI is InChI=1S/C10H7FN4O3S/c11-5-2-1-3-7(15(17)18)8(5)14-9(16)6-4-19-10(12)13-6/h1-4H,(H2,12,13)(H,14,16). The number of thiazole rings is 1. The highest BCUT2D eigenvalue weighted by Crippen LogP contribution is 2.27. The Morgan fingerprint density at radius 2 is 2.26 bits per heavy atom. The Kier molecular flexibility index (Phi) is 3.38. The number of nitro groups is 1. The Labute approximate surface area is 110 Å². The number of hydrogen-bond acceptors (Lipinski definition) is 6. The summed E-state index contributed by atoms with van der Waals surface area (Å²) in [5.41, 5.74) is 4.31. The molecule has 98 valence electrons. The number of nitrogens with one attached hydrogen (secondary N) is 1. The van der Waals surface area contributed by atoms with Crippen molar-refractivity contribution in [3.63, 3.8) is 0 Å². The molecule has 1 aromatic heterocycles. The summed E-state index contributed by atoms with van der Waals surface area (Å²) in [7, 11) is 0. The van der Waals surface area contributed by atoms with Crippen LogP contribution in [0.2, 0.25) is 0 Å². The van der Waals surface area contributed by atoms with E-state index >= 15 is 0 Å². The van der Waals surface area contributed by atoms with Gasteiger partial charge in [-0.1, -0.05) is 6.07 Å². The SMILES string of the molecule is Nc1nc(C(=O)Nc2c(F)cccc2[N+](=O)[O-])cs1. The van der Waals surface area contributed by atoms with Gasteiger partial charge in [0.2, 0.25) is 0 Å². The molecule has 0 aliphatic carbocycles. The third-order valence-electron chi connectivity index (χ3n) is 2.18. The lowest BCUT2D eigenvalue weighted by Gasteiger charge is -2.05. The van der Waals surface area contributed by atoms with Crippen molar-refractivity contribution in [1.29, 1.82) is 0 Å². The van der Waals surface area contributed by atoms with E-state index in [1.807, 2.05) is 0 Å². The van der Waals surface area contributed by atoms with Crippen LogP contribution in [0.5, 0.6) is 0 Å². The molecule has 2 aromatic rings. The number of nitrogen functional groups attached to an aromatic ring is 1. The number of halogens is 1. The lowest BCUT2D eigenvalue weighted by Crippen LogP contribution is -2.14. The molecule has 0 radical (unpaired) electrons. The van der Waals surface area contributed by atoms with Crippen LogP contribution in [0.1, 0.15) is 10.5 Å². The number of nitro benzene ring substituents is 1. The van der Waals surface area contributed by atoms with Crippen LogP contribution in [0.15, 0.2) is 23.6 Å². The van der Waals surface area contributed by atoms with Gasteiger partial charge in [0, 0.05) is 11.4 Å². The Bertz CT molecular complexity index is 658. The molecule has 1 amide bonds. The van der Waals surface area contributed by atoms with Crippen LogP contribution in [-0.2, 0) is 0 Å². The Morgan fingerprint density at radius 3 is 2.84 bits per heavy atom. The maximum absolute atomic E-state index is 13.5. The smallest absolute Gasteiger partial charge is 0.295 e. The second-order valence-electron chi connectivity index (χ2n) is 3.42. The zero-order chi connectivity index (χ0) is 14.0. The number of hydrogen-bond donors (Lipinski definition) is 2. The lowest BCUT2D eigenvalue weighted by atomic mass is 10.2.